The minimum atomic E-state index is -0.769. The highest BCUT2D eigenvalue weighted by atomic mass is 16.6. The van der Waals surface area contributed by atoms with Gasteiger partial charge in [-0.1, -0.05) is 0 Å². The molecule has 116 valence electrons. The van der Waals surface area contributed by atoms with Crippen LogP contribution in [0.25, 0.3) is 0 Å². The van der Waals surface area contributed by atoms with Crippen LogP contribution in [-0.4, -0.2) is 62.8 Å². The standard InChI is InChI=1S/C13H23NO6/c1-10(15)18-8-12(20-11(2)16)9-19-13(17)6-5-7-14(3)4/h12H,5-9H2,1-4H3. The van der Waals surface area contributed by atoms with Crippen molar-refractivity contribution in [1.29, 1.82) is 0 Å². The Morgan fingerprint density at radius 3 is 2.10 bits per heavy atom. The smallest absolute Gasteiger partial charge is 0.305 e. The monoisotopic (exact) mass is 289 g/mol. The molecule has 0 spiro atoms. The summed E-state index contributed by atoms with van der Waals surface area (Å²) in [5, 5.41) is 0. The molecular formula is C13H23NO6. The molecule has 7 nitrogen and oxygen atoms in total. The third-order valence-corrected chi connectivity index (χ3v) is 2.22. The van der Waals surface area contributed by atoms with Gasteiger partial charge in [0, 0.05) is 20.3 Å². The van der Waals surface area contributed by atoms with E-state index in [1.54, 1.807) is 0 Å². The first-order valence-electron chi connectivity index (χ1n) is 6.42. The third kappa shape index (κ3) is 11.5. The Hall–Kier alpha value is -1.63. The topological polar surface area (TPSA) is 82.1 Å². The number of hydrogen-bond donors (Lipinski definition) is 0. The molecular weight excluding hydrogens is 266 g/mol. The average molecular weight is 289 g/mol. The molecule has 0 N–H and O–H groups in total. The molecule has 0 saturated carbocycles. The largest absolute Gasteiger partial charge is 0.462 e. The number of esters is 3. The minimum absolute atomic E-state index is 0.117. The number of ether oxygens (including phenoxy) is 3. The van der Waals surface area contributed by atoms with E-state index in [2.05, 4.69) is 0 Å². The molecule has 0 bridgehead atoms. The van der Waals surface area contributed by atoms with Gasteiger partial charge >= 0.3 is 17.9 Å². The van der Waals surface area contributed by atoms with Gasteiger partial charge in [0.25, 0.3) is 0 Å². The van der Waals surface area contributed by atoms with Gasteiger partial charge in [-0.2, -0.15) is 0 Å². The van der Waals surface area contributed by atoms with Crippen molar-refractivity contribution in [3.8, 4) is 0 Å². The second kappa shape index (κ2) is 10.2. The van der Waals surface area contributed by atoms with E-state index in [-0.39, 0.29) is 19.2 Å². The molecule has 0 aliphatic carbocycles. The lowest BCUT2D eigenvalue weighted by molar-refractivity contribution is -0.164. The summed E-state index contributed by atoms with van der Waals surface area (Å²) >= 11 is 0. The zero-order valence-electron chi connectivity index (χ0n) is 12.5. The van der Waals surface area contributed by atoms with Gasteiger partial charge < -0.3 is 19.1 Å². The molecule has 0 fully saturated rings. The van der Waals surface area contributed by atoms with E-state index in [0.29, 0.717) is 12.8 Å². The van der Waals surface area contributed by atoms with Crippen LogP contribution < -0.4 is 0 Å². The summed E-state index contributed by atoms with van der Waals surface area (Å²) in [4.78, 5) is 35.0. The Morgan fingerprint density at radius 1 is 1.00 bits per heavy atom. The zero-order chi connectivity index (χ0) is 15.5. The van der Waals surface area contributed by atoms with E-state index in [4.69, 9.17) is 14.2 Å². The van der Waals surface area contributed by atoms with E-state index < -0.39 is 18.0 Å². The molecule has 0 radical (unpaired) electrons. The van der Waals surface area contributed by atoms with Crippen LogP contribution in [0.2, 0.25) is 0 Å². The van der Waals surface area contributed by atoms with Crippen LogP contribution in [0.15, 0.2) is 0 Å². The number of carbonyl (C=O) groups is 3. The van der Waals surface area contributed by atoms with Gasteiger partial charge in [0.2, 0.25) is 0 Å². The molecule has 1 atom stereocenters. The normalized spacial score (nSPS) is 11.8. The molecule has 0 amide bonds. The second-order valence-electron chi connectivity index (χ2n) is 4.62. The van der Waals surface area contributed by atoms with Crippen molar-refractivity contribution >= 4 is 17.9 Å². The molecule has 0 aromatic heterocycles. The molecule has 20 heavy (non-hydrogen) atoms. The maximum atomic E-state index is 11.5. The molecule has 7 heteroatoms. The predicted molar refractivity (Wildman–Crippen MR) is 70.9 cm³/mol. The van der Waals surface area contributed by atoms with Crippen molar-refractivity contribution in [2.24, 2.45) is 0 Å². The van der Waals surface area contributed by atoms with Crippen molar-refractivity contribution in [2.75, 3.05) is 33.9 Å². The minimum Gasteiger partial charge on any atom is -0.462 e. The summed E-state index contributed by atoms with van der Waals surface area (Å²) in [6, 6.07) is 0. The van der Waals surface area contributed by atoms with Crippen LogP contribution in [0.1, 0.15) is 26.7 Å². The lowest BCUT2D eigenvalue weighted by Crippen LogP contribution is -2.29. The lowest BCUT2D eigenvalue weighted by atomic mass is 10.3. The summed E-state index contributed by atoms with van der Waals surface area (Å²) in [7, 11) is 3.84. The highest BCUT2D eigenvalue weighted by molar-refractivity contribution is 5.69. The first-order valence-corrected chi connectivity index (χ1v) is 6.42. The van der Waals surface area contributed by atoms with Gasteiger partial charge in [-0.3, -0.25) is 14.4 Å². The van der Waals surface area contributed by atoms with Crippen LogP contribution in [0.3, 0.4) is 0 Å². The van der Waals surface area contributed by atoms with Crippen molar-refractivity contribution in [2.45, 2.75) is 32.8 Å². The third-order valence-electron chi connectivity index (χ3n) is 2.22. The number of carbonyl (C=O) groups excluding carboxylic acids is 3. The molecule has 0 aliphatic heterocycles. The van der Waals surface area contributed by atoms with Crippen LogP contribution in [-0.2, 0) is 28.6 Å². The lowest BCUT2D eigenvalue weighted by Gasteiger charge is -2.16. The highest BCUT2D eigenvalue weighted by Crippen LogP contribution is 2.00. The second-order valence-corrected chi connectivity index (χ2v) is 4.62. The van der Waals surface area contributed by atoms with E-state index in [9.17, 15) is 14.4 Å². The predicted octanol–water partition coefficient (Wildman–Crippen LogP) is 0.366. The van der Waals surface area contributed by atoms with Gasteiger partial charge in [-0.05, 0) is 27.1 Å². The first-order chi connectivity index (χ1) is 9.31. The molecule has 1 unspecified atom stereocenters. The van der Waals surface area contributed by atoms with E-state index in [1.165, 1.54) is 13.8 Å². The van der Waals surface area contributed by atoms with Crippen molar-refractivity contribution in [3.63, 3.8) is 0 Å². The summed E-state index contributed by atoms with van der Waals surface area (Å²) in [5.41, 5.74) is 0. The summed E-state index contributed by atoms with van der Waals surface area (Å²) in [6.07, 6.45) is 0.209. The molecule has 0 aromatic carbocycles. The highest BCUT2D eigenvalue weighted by Gasteiger charge is 2.16. The molecule has 0 saturated heterocycles. The van der Waals surface area contributed by atoms with Crippen molar-refractivity contribution in [1.82, 2.24) is 4.90 Å². The van der Waals surface area contributed by atoms with Crippen LogP contribution in [0, 0.1) is 0 Å². The molecule has 0 rings (SSSR count). The van der Waals surface area contributed by atoms with Crippen LogP contribution >= 0.6 is 0 Å². The maximum Gasteiger partial charge on any atom is 0.305 e. The van der Waals surface area contributed by atoms with E-state index in [1.807, 2.05) is 19.0 Å². The SMILES string of the molecule is CC(=O)OCC(COC(=O)CCCN(C)C)OC(C)=O. The first kappa shape index (κ1) is 18.4. The number of rotatable bonds is 9. The molecule has 0 heterocycles. The molecule has 0 aliphatic rings. The van der Waals surface area contributed by atoms with Gasteiger partial charge in [0.05, 0.1) is 0 Å². The fourth-order valence-corrected chi connectivity index (χ4v) is 1.36. The number of hydrogen-bond acceptors (Lipinski definition) is 7. The van der Waals surface area contributed by atoms with Crippen molar-refractivity contribution < 1.29 is 28.6 Å². The maximum absolute atomic E-state index is 11.5. The Bertz CT molecular complexity index is 329. The number of nitrogens with zero attached hydrogens (tertiary/aromatic N) is 1. The molecule has 0 aromatic rings. The zero-order valence-corrected chi connectivity index (χ0v) is 12.5. The van der Waals surface area contributed by atoms with Gasteiger partial charge in [0.1, 0.15) is 13.2 Å². The average Bonchev–Trinajstić information content (AvgIpc) is 2.31. The van der Waals surface area contributed by atoms with Crippen LogP contribution in [0.5, 0.6) is 0 Å². The Morgan fingerprint density at radius 2 is 1.60 bits per heavy atom. The Labute approximate surface area is 119 Å². The quantitative estimate of drug-likeness (QED) is 0.448. The van der Waals surface area contributed by atoms with Gasteiger partial charge in [-0.15, -0.1) is 0 Å². The van der Waals surface area contributed by atoms with Gasteiger partial charge in [0.15, 0.2) is 6.10 Å². The fourth-order valence-electron chi connectivity index (χ4n) is 1.36. The van der Waals surface area contributed by atoms with Gasteiger partial charge in [-0.25, -0.2) is 0 Å². The fraction of sp³-hybridized carbons (Fsp3) is 0.769. The summed E-state index contributed by atoms with van der Waals surface area (Å²) in [5.74, 6) is -1.38. The van der Waals surface area contributed by atoms with Crippen LogP contribution in [0.4, 0.5) is 0 Å². The van der Waals surface area contributed by atoms with E-state index in [0.717, 1.165) is 6.54 Å². The summed E-state index contributed by atoms with van der Waals surface area (Å²) < 4.78 is 14.6. The Balaban J connectivity index is 4.00. The van der Waals surface area contributed by atoms with E-state index >= 15 is 0 Å². The summed E-state index contributed by atoms with van der Waals surface area (Å²) in [6.45, 7) is 3.03. The Kier molecular flexibility index (Phi) is 9.36. The van der Waals surface area contributed by atoms with Crippen molar-refractivity contribution in [3.05, 3.63) is 0 Å².